The van der Waals surface area contributed by atoms with Crippen LogP contribution >= 0.6 is 11.8 Å². The zero-order chi connectivity index (χ0) is 32.4. The molecule has 9 nitrogen and oxygen atoms in total. The Morgan fingerprint density at radius 2 is 1.75 bits per heavy atom. The Labute approximate surface area is 265 Å². The number of likely N-dealkylation sites (N-methyl/N-ethyl adjacent to an activating group) is 1. The Morgan fingerprint density at radius 3 is 2.41 bits per heavy atom. The molecule has 0 bridgehead atoms. The van der Waals surface area contributed by atoms with Crippen LogP contribution in [-0.2, 0) is 27.2 Å². The van der Waals surface area contributed by atoms with E-state index < -0.39 is 35.4 Å². The van der Waals surface area contributed by atoms with Gasteiger partial charge in [-0.15, -0.1) is 18.2 Å². The van der Waals surface area contributed by atoms with Crippen LogP contribution in [0.1, 0.15) is 60.6 Å². The van der Waals surface area contributed by atoms with Gasteiger partial charge in [-0.05, 0) is 81.2 Å². The second-order valence-electron chi connectivity index (χ2n) is 12.0. The maximum Gasteiger partial charge on any atom is 0.245 e. The van der Waals surface area contributed by atoms with Gasteiger partial charge in [0.25, 0.3) is 0 Å². The summed E-state index contributed by atoms with van der Waals surface area (Å²) in [6, 6.07) is 14.2. The fraction of sp³-hybridized carbons (Fsp3) is 0.529. The molecule has 44 heavy (non-hydrogen) atoms. The van der Waals surface area contributed by atoms with Crippen molar-refractivity contribution >= 4 is 23.6 Å². The largest absolute Gasteiger partial charge is 0.387 e. The van der Waals surface area contributed by atoms with Gasteiger partial charge in [0, 0.05) is 19.5 Å². The molecule has 0 unspecified atom stereocenters. The van der Waals surface area contributed by atoms with Crippen molar-refractivity contribution in [2.75, 3.05) is 32.9 Å². The molecule has 1 heterocycles. The molecular weight excluding hydrogens is 578 g/mol. The van der Waals surface area contributed by atoms with E-state index in [1.807, 2.05) is 37.1 Å². The molecule has 3 rings (SSSR count). The number of rotatable bonds is 14. The predicted molar refractivity (Wildman–Crippen MR) is 174 cm³/mol. The van der Waals surface area contributed by atoms with Crippen molar-refractivity contribution < 1.29 is 29.6 Å². The summed E-state index contributed by atoms with van der Waals surface area (Å²) in [5, 5.41) is 36.8. The van der Waals surface area contributed by atoms with E-state index >= 15 is 0 Å². The minimum atomic E-state index is -1.29. The van der Waals surface area contributed by atoms with Crippen LogP contribution in [0.5, 0.6) is 0 Å². The number of terminal acetylenes is 1. The molecule has 0 saturated carbocycles. The molecule has 0 radical (unpaired) electrons. The van der Waals surface area contributed by atoms with Crippen LogP contribution in [-0.4, -0.2) is 94.3 Å². The molecule has 10 heteroatoms. The summed E-state index contributed by atoms with van der Waals surface area (Å²) >= 11 is 1.30. The monoisotopic (exact) mass is 625 g/mol. The fourth-order valence-corrected chi connectivity index (χ4v) is 5.83. The molecule has 1 aliphatic rings. The Kier molecular flexibility index (Phi) is 13.3. The Bertz CT molecular complexity index is 1290. The average Bonchev–Trinajstić information content (AvgIpc) is 2.98. The Morgan fingerprint density at radius 1 is 1.07 bits per heavy atom. The molecule has 5 N–H and O–H groups in total. The van der Waals surface area contributed by atoms with E-state index in [1.54, 1.807) is 20.1 Å². The lowest BCUT2D eigenvalue weighted by Crippen LogP contribution is -2.55. The number of thioether (sulfide) groups is 1. The lowest BCUT2D eigenvalue weighted by Gasteiger charge is -2.40. The first-order chi connectivity index (χ1) is 20.9. The Hall–Kier alpha value is -2.91. The smallest absolute Gasteiger partial charge is 0.245 e. The predicted octanol–water partition coefficient (Wildman–Crippen LogP) is 2.33. The molecule has 2 aromatic rings. The van der Waals surface area contributed by atoms with Crippen LogP contribution in [0.2, 0.25) is 0 Å². The number of aliphatic hydroxyl groups is 3. The quantitative estimate of drug-likeness (QED) is 0.202. The maximum absolute atomic E-state index is 12.6. The highest BCUT2D eigenvalue weighted by atomic mass is 32.2. The molecule has 0 spiro atoms. The van der Waals surface area contributed by atoms with Gasteiger partial charge in [0.2, 0.25) is 11.8 Å². The van der Waals surface area contributed by atoms with E-state index in [0.717, 1.165) is 34.2 Å². The first-order valence-electron chi connectivity index (χ1n) is 15.0. The number of benzene rings is 2. The summed E-state index contributed by atoms with van der Waals surface area (Å²) in [7, 11) is 1.88. The van der Waals surface area contributed by atoms with Crippen molar-refractivity contribution in [2.45, 2.75) is 81.8 Å². The van der Waals surface area contributed by atoms with Gasteiger partial charge in [-0.3, -0.25) is 14.5 Å². The average molecular weight is 626 g/mol. The third-order valence-corrected chi connectivity index (χ3v) is 8.80. The number of hydrogen-bond acceptors (Lipinski definition) is 8. The van der Waals surface area contributed by atoms with Crippen molar-refractivity contribution in [1.29, 1.82) is 0 Å². The highest BCUT2D eigenvalue weighted by molar-refractivity contribution is 7.99. The number of aryl methyl sites for hydroxylation is 2. The van der Waals surface area contributed by atoms with Crippen LogP contribution < -0.4 is 10.6 Å². The zero-order valence-corrected chi connectivity index (χ0v) is 27.2. The first-order valence-corrected chi connectivity index (χ1v) is 16.3. The standard InChI is InChI=1S/C34H47N3O6S/c1-7-18-37(5)19-17-35-33(42)34(3,4)36-27(38)10-8-9-23-12-14-24(15-13-23)20-26-21-25(16-11-22(26)2)31-29(40)28(39)30(41)32(43-31)44-6/h1,11-16,21,28-32,39-41H,8-10,17-20H2,2-6H3,(H,35,42)(H,36,38)/t28-,29-,30+,31+,32-/m1/s1. The van der Waals surface area contributed by atoms with Crippen molar-refractivity contribution in [2.24, 2.45) is 0 Å². The molecule has 1 fully saturated rings. The van der Waals surface area contributed by atoms with Crippen LogP contribution in [0.25, 0.3) is 0 Å². The first kappa shape index (κ1) is 35.6. The summed E-state index contributed by atoms with van der Waals surface area (Å²) in [5.74, 6) is 2.15. The topological polar surface area (TPSA) is 131 Å². The van der Waals surface area contributed by atoms with Gasteiger partial charge in [-0.25, -0.2) is 0 Å². The van der Waals surface area contributed by atoms with Crippen LogP contribution in [0.3, 0.4) is 0 Å². The van der Waals surface area contributed by atoms with E-state index in [2.05, 4.69) is 40.8 Å². The van der Waals surface area contributed by atoms with Crippen LogP contribution in [0.4, 0.5) is 0 Å². The second kappa shape index (κ2) is 16.4. The van der Waals surface area contributed by atoms with Crippen molar-refractivity contribution in [3.63, 3.8) is 0 Å². The van der Waals surface area contributed by atoms with Gasteiger partial charge < -0.3 is 30.7 Å². The van der Waals surface area contributed by atoms with Crippen LogP contribution in [0, 0.1) is 19.3 Å². The number of nitrogens with one attached hydrogen (secondary N) is 2. The summed E-state index contributed by atoms with van der Waals surface area (Å²) in [5.41, 5.74) is 3.53. The molecule has 2 aromatic carbocycles. The normalized spacial score (nSPS) is 22.0. The highest BCUT2D eigenvalue weighted by Crippen LogP contribution is 2.36. The molecule has 240 valence electrons. The Balaban J connectivity index is 1.50. The van der Waals surface area contributed by atoms with Gasteiger partial charge in [-0.2, -0.15) is 0 Å². The van der Waals surface area contributed by atoms with Gasteiger partial charge in [0.15, 0.2) is 0 Å². The highest BCUT2D eigenvalue weighted by Gasteiger charge is 2.44. The molecule has 2 amide bonds. The third kappa shape index (κ3) is 9.80. The van der Waals surface area contributed by atoms with E-state index in [1.165, 1.54) is 11.8 Å². The minimum Gasteiger partial charge on any atom is -0.387 e. The third-order valence-electron chi connectivity index (χ3n) is 7.95. The lowest BCUT2D eigenvalue weighted by molar-refractivity contribution is -0.200. The van der Waals surface area contributed by atoms with Gasteiger partial charge >= 0.3 is 0 Å². The minimum absolute atomic E-state index is 0.167. The van der Waals surface area contributed by atoms with Crippen molar-refractivity contribution in [1.82, 2.24) is 15.5 Å². The van der Waals surface area contributed by atoms with E-state index in [-0.39, 0.29) is 11.8 Å². The zero-order valence-electron chi connectivity index (χ0n) is 26.4. The molecular formula is C34H47N3O6S. The van der Waals surface area contributed by atoms with E-state index in [4.69, 9.17) is 11.2 Å². The fourth-order valence-electron chi connectivity index (χ4n) is 5.16. The summed E-state index contributed by atoms with van der Waals surface area (Å²) in [6.07, 6.45) is 5.05. The van der Waals surface area contributed by atoms with Crippen molar-refractivity contribution in [3.8, 4) is 12.3 Å². The molecule has 1 aliphatic heterocycles. The number of carbonyl (C=O) groups is 2. The van der Waals surface area contributed by atoms with Gasteiger partial charge in [-0.1, -0.05) is 48.4 Å². The molecule has 5 atom stereocenters. The number of ether oxygens (including phenoxy) is 1. The summed E-state index contributed by atoms with van der Waals surface area (Å²) in [4.78, 5) is 27.1. The van der Waals surface area contributed by atoms with Gasteiger partial charge in [0.05, 0.1) is 6.54 Å². The van der Waals surface area contributed by atoms with Gasteiger partial charge in [0.1, 0.15) is 35.4 Å². The number of nitrogens with zero attached hydrogens (tertiary/aromatic N) is 1. The molecule has 0 aliphatic carbocycles. The second-order valence-corrected chi connectivity index (χ2v) is 13.0. The maximum atomic E-state index is 12.6. The molecule has 1 saturated heterocycles. The number of aliphatic hydroxyl groups excluding tert-OH is 3. The summed E-state index contributed by atoms with van der Waals surface area (Å²) < 4.78 is 5.95. The summed E-state index contributed by atoms with van der Waals surface area (Å²) in [6.45, 7) is 7.00. The number of carbonyl (C=O) groups excluding carboxylic acids is 2. The van der Waals surface area contributed by atoms with Crippen LogP contribution in [0.15, 0.2) is 42.5 Å². The number of amides is 2. The SMILES string of the molecule is C#CCN(C)CCNC(=O)C(C)(C)NC(=O)CCCc1ccc(Cc2cc([C@@H]3O[C@H](SC)[C@@H](O)[C@H](O)[C@H]3O)ccc2C)cc1. The molecule has 0 aromatic heterocycles. The van der Waals surface area contributed by atoms with Crippen molar-refractivity contribution in [3.05, 3.63) is 70.3 Å². The lowest BCUT2D eigenvalue weighted by atomic mass is 9.91. The van der Waals surface area contributed by atoms with E-state index in [9.17, 15) is 24.9 Å². The number of hydrogen-bond donors (Lipinski definition) is 5. The van der Waals surface area contributed by atoms with E-state index in [0.29, 0.717) is 38.9 Å².